The van der Waals surface area contributed by atoms with Crippen LogP contribution in [0.25, 0.3) is 0 Å². The number of carboxylic acids is 1. The van der Waals surface area contributed by atoms with Crippen LogP contribution in [-0.2, 0) is 9.59 Å². The second kappa shape index (κ2) is 4.90. The average molecular weight is 237 g/mol. The first-order valence-corrected chi connectivity index (χ1v) is 6.29. The molecule has 17 heavy (non-hydrogen) atoms. The summed E-state index contributed by atoms with van der Waals surface area (Å²) in [5.41, 5.74) is 0. The van der Waals surface area contributed by atoms with E-state index >= 15 is 0 Å². The topological polar surface area (TPSA) is 66.4 Å². The molecule has 3 atom stereocenters. The van der Waals surface area contributed by atoms with Gasteiger partial charge in [0, 0.05) is 5.92 Å². The van der Waals surface area contributed by atoms with Crippen molar-refractivity contribution < 1.29 is 14.7 Å². The summed E-state index contributed by atoms with van der Waals surface area (Å²) in [4.78, 5) is 22.9. The first-order chi connectivity index (χ1) is 8.15. The Morgan fingerprint density at radius 3 is 2.59 bits per heavy atom. The molecule has 1 amide bonds. The van der Waals surface area contributed by atoms with Crippen molar-refractivity contribution in [3.63, 3.8) is 0 Å². The minimum absolute atomic E-state index is 0.0587. The summed E-state index contributed by atoms with van der Waals surface area (Å²) in [5.74, 6) is 0.146. The van der Waals surface area contributed by atoms with Crippen LogP contribution in [0.3, 0.4) is 0 Å². The number of carbonyl (C=O) groups is 2. The summed E-state index contributed by atoms with van der Waals surface area (Å²) in [6.45, 7) is 1.84. The van der Waals surface area contributed by atoms with Crippen LogP contribution in [0.1, 0.15) is 32.6 Å². The summed E-state index contributed by atoms with van der Waals surface area (Å²) in [7, 11) is 0. The lowest BCUT2D eigenvalue weighted by molar-refractivity contribution is -0.142. The van der Waals surface area contributed by atoms with Crippen molar-refractivity contribution in [1.29, 1.82) is 0 Å². The minimum atomic E-state index is -0.956. The number of amides is 1. The number of allylic oxidation sites excluding steroid dienone is 1. The maximum Gasteiger partial charge on any atom is 0.326 e. The van der Waals surface area contributed by atoms with Crippen LogP contribution in [0.2, 0.25) is 0 Å². The van der Waals surface area contributed by atoms with Crippen molar-refractivity contribution in [3.05, 3.63) is 12.2 Å². The lowest BCUT2D eigenvalue weighted by atomic mass is 10.1. The number of carboxylic acid groups (broad SMARTS) is 1. The van der Waals surface area contributed by atoms with Gasteiger partial charge in [0.15, 0.2) is 0 Å². The fourth-order valence-electron chi connectivity index (χ4n) is 2.97. The van der Waals surface area contributed by atoms with Crippen molar-refractivity contribution in [2.45, 2.75) is 38.6 Å². The van der Waals surface area contributed by atoms with Crippen LogP contribution in [0.15, 0.2) is 12.2 Å². The summed E-state index contributed by atoms with van der Waals surface area (Å²) in [6.07, 6.45) is 7.42. The molecule has 4 nitrogen and oxygen atoms in total. The van der Waals surface area contributed by atoms with Gasteiger partial charge in [-0.3, -0.25) is 4.79 Å². The van der Waals surface area contributed by atoms with Crippen molar-refractivity contribution in [1.82, 2.24) is 5.32 Å². The molecule has 0 saturated heterocycles. The zero-order chi connectivity index (χ0) is 12.4. The predicted molar refractivity (Wildman–Crippen MR) is 63.3 cm³/mol. The summed E-state index contributed by atoms with van der Waals surface area (Å²) >= 11 is 0. The third-order valence-corrected chi connectivity index (χ3v) is 3.93. The first kappa shape index (κ1) is 12.1. The molecule has 2 N–H and O–H groups in total. The second-order valence-corrected chi connectivity index (χ2v) is 4.99. The van der Waals surface area contributed by atoms with Gasteiger partial charge in [0.1, 0.15) is 6.04 Å². The van der Waals surface area contributed by atoms with E-state index in [9.17, 15) is 9.59 Å². The van der Waals surface area contributed by atoms with Crippen molar-refractivity contribution in [2.75, 3.05) is 0 Å². The number of hydrogen-bond acceptors (Lipinski definition) is 2. The van der Waals surface area contributed by atoms with Crippen LogP contribution >= 0.6 is 0 Å². The van der Waals surface area contributed by atoms with E-state index in [2.05, 4.69) is 5.32 Å². The lowest BCUT2D eigenvalue weighted by Gasteiger charge is -2.13. The van der Waals surface area contributed by atoms with Crippen molar-refractivity contribution in [3.8, 4) is 0 Å². The Morgan fingerprint density at radius 1 is 1.41 bits per heavy atom. The van der Waals surface area contributed by atoms with E-state index in [4.69, 9.17) is 5.11 Å². The summed E-state index contributed by atoms with van der Waals surface area (Å²) in [6, 6.07) is -0.778. The number of aliphatic carboxylic acids is 1. The number of rotatable bonds is 5. The molecule has 0 radical (unpaired) electrons. The molecule has 0 aromatic rings. The maximum absolute atomic E-state index is 11.9. The van der Waals surface area contributed by atoms with Crippen molar-refractivity contribution >= 4 is 11.9 Å². The third-order valence-electron chi connectivity index (χ3n) is 3.93. The Hall–Kier alpha value is -1.32. The van der Waals surface area contributed by atoms with E-state index in [0.29, 0.717) is 18.3 Å². The number of hydrogen-bond donors (Lipinski definition) is 2. The zero-order valence-corrected chi connectivity index (χ0v) is 10.1. The van der Waals surface area contributed by atoms with Gasteiger partial charge in [-0.15, -0.1) is 0 Å². The molecule has 2 fully saturated rings. The zero-order valence-electron chi connectivity index (χ0n) is 10.1. The van der Waals surface area contributed by atoms with Crippen molar-refractivity contribution in [2.24, 2.45) is 17.8 Å². The molecule has 0 aromatic heterocycles. The van der Waals surface area contributed by atoms with Crippen LogP contribution in [0, 0.1) is 17.8 Å². The Labute approximate surface area is 101 Å². The molecular weight excluding hydrogens is 218 g/mol. The predicted octanol–water partition coefficient (Wildman–Crippen LogP) is 1.57. The van der Waals surface area contributed by atoms with E-state index < -0.39 is 12.0 Å². The largest absolute Gasteiger partial charge is 0.480 e. The Kier molecular flexibility index (Phi) is 3.50. The molecule has 0 bridgehead atoms. The second-order valence-electron chi connectivity index (χ2n) is 4.99. The highest BCUT2D eigenvalue weighted by Crippen LogP contribution is 2.57. The van der Waals surface area contributed by atoms with Gasteiger partial charge in [0.25, 0.3) is 0 Å². The van der Waals surface area contributed by atoms with Gasteiger partial charge < -0.3 is 10.4 Å². The normalized spacial score (nSPS) is 32.2. The van der Waals surface area contributed by atoms with Crippen LogP contribution in [-0.4, -0.2) is 23.0 Å². The number of carbonyl (C=O) groups excluding carboxylic acids is 1. The molecule has 0 spiro atoms. The Morgan fingerprint density at radius 2 is 2.06 bits per heavy atom. The molecule has 0 aliphatic heterocycles. The molecule has 94 valence electrons. The third kappa shape index (κ3) is 2.51. The Balaban J connectivity index is 1.85. The molecule has 2 saturated carbocycles. The highest BCUT2D eigenvalue weighted by molar-refractivity contribution is 5.87. The fourth-order valence-corrected chi connectivity index (χ4v) is 2.97. The molecular formula is C13H19NO3. The van der Waals surface area contributed by atoms with E-state index in [1.54, 1.807) is 12.2 Å². The van der Waals surface area contributed by atoms with E-state index in [1.165, 1.54) is 6.42 Å². The molecule has 2 aliphatic rings. The molecule has 2 rings (SSSR count). The van der Waals surface area contributed by atoms with Crippen LogP contribution in [0.5, 0.6) is 0 Å². The average Bonchev–Trinajstić information content (AvgIpc) is 2.78. The quantitative estimate of drug-likeness (QED) is 0.713. The SMILES string of the molecule is C/C=C/CC(NC(=O)C1C2CCCC21)C(=O)O. The smallest absolute Gasteiger partial charge is 0.326 e. The molecule has 3 unspecified atom stereocenters. The summed E-state index contributed by atoms with van der Waals surface area (Å²) < 4.78 is 0. The molecule has 4 heteroatoms. The van der Waals surface area contributed by atoms with Gasteiger partial charge in [-0.05, 0) is 38.0 Å². The van der Waals surface area contributed by atoms with Gasteiger partial charge in [0.05, 0.1) is 0 Å². The van der Waals surface area contributed by atoms with Gasteiger partial charge in [-0.1, -0.05) is 18.6 Å². The van der Waals surface area contributed by atoms with Gasteiger partial charge in [-0.25, -0.2) is 4.79 Å². The van der Waals surface area contributed by atoms with Gasteiger partial charge in [-0.2, -0.15) is 0 Å². The van der Waals surface area contributed by atoms with Gasteiger partial charge in [0.2, 0.25) is 5.91 Å². The molecule has 0 aromatic carbocycles. The molecule has 0 heterocycles. The minimum Gasteiger partial charge on any atom is -0.480 e. The van der Waals surface area contributed by atoms with Crippen LogP contribution < -0.4 is 5.32 Å². The Bertz CT molecular complexity index is 341. The highest BCUT2D eigenvalue weighted by Gasteiger charge is 2.56. The van der Waals surface area contributed by atoms with E-state index in [-0.39, 0.29) is 11.8 Å². The fraction of sp³-hybridized carbons (Fsp3) is 0.692. The number of nitrogens with one attached hydrogen (secondary N) is 1. The standard InChI is InChI=1S/C13H19NO3/c1-2-3-7-10(13(16)17)14-12(15)11-8-5-4-6-9(8)11/h2-3,8-11H,4-7H2,1H3,(H,14,15)(H,16,17)/b3-2+. The van der Waals surface area contributed by atoms with E-state index in [1.807, 2.05) is 6.92 Å². The van der Waals surface area contributed by atoms with E-state index in [0.717, 1.165) is 12.8 Å². The van der Waals surface area contributed by atoms with Gasteiger partial charge >= 0.3 is 5.97 Å². The van der Waals surface area contributed by atoms with Crippen LogP contribution in [0.4, 0.5) is 0 Å². The first-order valence-electron chi connectivity index (χ1n) is 6.29. The summed E-state index contributed by atoms with van der Waals surface area (Å²) in [5, 5.41) is 11.7. The number of fused-ring (bicyclic) bond motifs is 1. The molecule has 2 aliphatic carbocycles. The maximum atomic E-state index is 11.9. The lowest BCUT2D eigenvalue weighted by Crippen LogP contribution is -2.41. The monoisotopic (exact) mass is 237 g/mol. The highest BCUT2D eigenvalue weighted by atomic mass is 16.4.